The fourth-order valence-electron chi connectivity index (χ4n) is 2.90. The lowest BCUT2D eigenvalue weighted by Crippen LogP contribution is -2.18. The first-order valence-electron chi connectivity index (χ1n) is 9.16. The van der Waals surface area contributed by atoms with E-state index in [-0.39, 0.29) is 0 Å². The summed E-state index contributed by atoms with van der Waals surface area (Å²) >= 11 is 0. The molecule has 0 aliphatic heterocycles. The van der Waals surface area contributed by atoms with Crippen molar-refractivity contribution in [2.75, 3.05) is 19.5 Å². The zero-order valence-electron chi connectivity index (χ0n) is 16.9. The van der Waals surface area contributed by atoms with Gasteiger partial charge in [0.1, 0.15) is 18.1 Å². The minimum atomic E-state index is 0.403. The van der Waals surface area contributed by atoms with Crippen molar-refractivity contribution < 1.29 is 14.3 Å². The van der Waals surface area contributed by atoms with Gasteiger partial charge in [-0.25, -0.2) is 5.84 Å². The van der Waals surface area contributed by atoms with Crippen molar-refractivity contribution in [3.8, 4) is 22.6 Å². The van der Waals surface area contributed by atoms with Crippen LogP contribution in [-0.4, -0.2) is 20.6 Å². The summed E-state index contributed by atoms with van der Waals surface area (Å²) in [6.07, 6.45) is 0.403. The summed E-state index contributed by atoms with van der Waals surface area (Å²) in [6.45, 7) is 2.61. The summed E-state index contributed by atoms with van der Waals surface area (Å²) in [6, 6.07) is 22.4. The number of hydrazine groups is 1. The number of carbonyl (C=O) groups excluding carboxylic acids is 1. The minimum Gasteiger partial charge on any atom is -0.496 e. The fraction of sp³-hybridized carbons (Fsp3) is 0.174. The van der Waals surface area contributed by atoms with Crippen molar-refractivity contribution in [2.24, 2.45) is 5.84 Å². The van der Waals surface area contributed by atoms with Crippen LogP contribution in [0.1, 0.15) is 11.1 Å². The summed E-state index contributed by atoms with van der Waals surface area (Å²) in [5, 5.41) is 3.22. The van der Waals surface area contributed by atoms with E-state index in [2.05, 4.69) is 42.3 Å². The van der Waals surface area contributed by atoms with Crippen molar-refractivity contribution in [3.63, 3.8) is 0 Å². The summed E-state index contributed by atoms with van der Waals surface area (Å²) in [4.78, 5) is 8.94. The Morgan fingerprint density at radius 2 is 1.76 bits per heavy atom. The number of nitrogens with two attached hydrogens (primary N) is 1. The van der Waals surface area contributed by atoms with Crippen LogP contribution in [0.15, 0.2) is 66.7 Å². The van der Waals surface area contributed by atoms with Crippen LogP contribution < -0.4 is 26.1 Å². The van der Waals surface area contributed by atoms with E-state index in [0.717, 1.165) is 33.9 Å². The highest BCUT2D eigenvalue weighted by Crippen LogP contribution is 2.33. The topological polar surface area (TPSA) is 85.6 Å². The van der Waals surface area contributed by atoms with Gasteiger partial charge in [-0.3, -0.25) is 10.2 Å². The van der Waals surface area contributed by atoms with Crippen LogP contribution in [0, 0.1) is 6.92 Å². The molecule has 3 aromatic carbocycles. The number of ether oxygens (including phenoxy) is 2. The highest BCUT2D eigenvalue weighted by atomic mass is 16.5. The number of hydrogen-bond acceptors (Lipinski definition) is 5. The highest BCUT2D eigenvalue weighted by Gasteiger charge is 2.09. The standard InChI is InChI=1S/C22H23NO2.CH4N2O/c1-16-8-7-11-21(23-2)20(16)15-25-18-12-13-19(22(14-18)24-3)17-9-5-4-6-10-17;2-3-1-4/h4-14,23H,15H2,1-3H3;1H,2H2,(H,3,4). The first kappa shape index (κ1) is 21.8. The molecule has 0 bridgehead atoms. The van der Waals surface area contributed by atoms with Crippen molar-refractivity contribution in [3.05, 3.63) is 77.9 Å². The van der Waals surface area contributed by atoms with Gasteiger partial charge in [0.05, 0.1) is 7.11 Å². The largest absolute Gasteiger partial charge is 0.496 e. The minimum absolute atomic E-state index is 0.403. The van der Waals surface area contributed by atoms with Crippen molar-refractivity contribution in [1.29, 1.82) is 0 Å². The molecule has 0 spiro atoms. The van der Waals surface area contributed by atoms with Crippen LogP contribution >= 0.6 is 0 Å². The van der Waals surface area contributed by atoms with Gasteiger partial charge in [0.2, 0.25) is 6.41 Å². The van der Waals surface area contributed by atoms with Crippen LogP contribution in [-0.2, 0) is 11.4 Å². The zero-order valence-corrected chi connectivity index (χ0v) is 16.9. The third-order valence-corrected chi connectivity index (χ3v) is 4.39. The predicted molar refractivity (Wildman–Crippen MR) is 117 cm³/mol. The van der Waals surface area contributed by atoms with Crippen LogP contribution in [0.4, 0.5) is 5.69 Å². The average Bonchev–Trinajstić information content (AvgIpc) is 2.78. The summed E-state index contributed by atoms with van der Waals surface area (Å²) < 4.78 is 11.6. The fourth-order valence-corrected chi connectivity index (χ4v) is 2.90. The van der Waals surface area contributed by atoms with E-state index >= 15 is 0 Å². The lowest BCUT2D eigenvalue weighted by molar-refractivity contribution is -0.109. The van der Waals surface area contributed by atoms with Gasteiger partial charge in [-0.2, -0.15) is 0 Å². The Hall–Kier alpha value is -3.51. The third kappa shape index (κ3) is 5.99. The zero-order chi connectivity index (χ0) is 21.1. The van der Waals surface area contributed by atoms with Gasteiger partial charge in [-0.1, -0.05) is 42.5 Å². The van der Waals surface area contributed by atoms with Gasteiger partial charge < -0.3 is 14.8 Å². The van der Waals surface area contributed by atoms with E-state index in [1.807, 2.05) is 49.5 Å². The number of nitrogens with one attached hydrogen (secondary N) is 2. The van der Waals surface area contributed by atoms with Crippen molar-refractivity contribution in [2.45, 2.75) is 13.5 Å². The van der Waals surface area contributed by atoms with Crippen LogP contribution in [0.3, 0.4) is 0 Å². The number of rotatable bonds is 7. The Kier molecular flexibility index (Phi) is 8.53. The molecule has 0 unspecified atom stereocenters. The molecule has 0 atom stereocenters. The van der Waals surface area contributed by atoms with Gasteiger partial charge in [0.25, 0.3) is 0 Å². The van der Waals surface area contributed by atoms with E-state index in [4.69, 9.17) is 14.3 Å². The average molecular weight is 393 g/mol. The number of hydrogen-bond donors (Lipinski definition) is 3. The van der Waals surface area contributed by atoms with Gasteiger partial charge in [0.15, 0.2) is 0 Å². The number of anilines is 1. The van der Waals surface area contributed by atoms with Gasteiger partial charge in [0, 0.05) is 29.9 Å². The van der Waals surface area contributed by atoms with Crippen molar-refractivity contribution in [1.82, 2.24) is 5.43 Å². The van der Waals surface area contributed by atoms with E-state index in [9.17, 15) is 0 Å². The van der Waals surface area contributed by atoms with E-state index < -0.39 is 0 Å². The second-order valence-corrected chi connectivity index (χ2v) is 6.15. The molecule has 0 aliphatic rings. The van der Waals surface area contributed by atoms with Gasteiger partial charge >= 0.3 is 0 Å². The normalized spacial score (nSPS) is 9.66. The molecular weight excluding hydrogens is 366 g/mol. The van der Waals surface area contributed by atoms with Crippen LogP contribution in [0.5, 0.6) is 11.5 Å². The molecule has 1 amide bonds. The van der Waals surface area contributed by atoms with E-state index in [1.54, 1.807) is 12.5 Å². The Morgan fingerprint density at radius 1 is 1.03 bits per heavy atom. The van der Waals surface area contributed by atoms with Crippen LogP contribution in [0.25, 0.3) is 11.1 Å². The lowest BCUT2D eigenvalue weighted by atomic mass is 10.0. The summed E-state index contributed by atoms with van der Waals surface area (Å²) in [5.74, 6) is 6.01. The maximum absolute atomic E-state index is 8.94. The predicted octanol–water partition coefficient (Wildman–Crippen LogP) is 3.90. The SMILES string of the molecule is CNc1cccc(C)c1COc1ccc(-c2ccccc2)c(OC)c1.NNC=O. The number of methoxy groups -OCH3 is 1. The molecule has 6 nitrogen and oxygen atoms in total. The van der Waals surface area contributed by atoms with Crippen LogP contribution in [0.2, 0.25) is 0 Å². The smallest absolute Gasteiger partial charge is 0.221 e. The third-order valence-electron chi connectivity index (χ3n) is 4.39. The maximum Gasteiger partial charge on any atom is 0.221 e. The molecule has 4 N–H and O–H groups in total. The van der Waals surface area contributed by atoms with Gasteiger partial charge in [-0.15, -0.1) is 0 Å². The lowest BCUT2D eigenvalue weighted by Gasteiger charge is -2.15. The van der Waals surface area contributed by atoms with Gasteiger partial charge in [-0.05, 0) is 36.2 Å². The Labute approximate surface area is 171 Å². The first-order chi connectivity index (χ1) is 14.1. The Bertz CT molecular complexity index is 914. The molecule has 0 radical (unpaired) electrons. The highest BCUT2D eigenvalue weighted by molar-refractivity contribution is 5.71. The molecule has 29 heavy (non-hydrogen) atoms. The van der Waals surface area contributed by atoms with E-state index in [0.29, 0.717) is 13.0 Å². The first-order valence-corrected chi connectivity index (χ1v) is 9.16. The molecule has 6 heteroatoms. The molecule has 0 aromatic heterocycles. The second kappa shape index (κ2) is 11.4. The molecule has 3 rings (SSSR count). The monoisotopic (exact) mass is 393 g/mol. The van der Waals surface area contributed by atoms with E-state index in [1.165, 1.54) is 5.56 Å². The molecule has 152 valence electrons. The number of amides is 1. The Morgan fingerprint density at radius 3 is 2.38 bits per heavy atom. The number of aryl methyl sites for hydroxylation is 1. The maximum atomic E-state index is 8.94. The summed E-state index contributed by atoms with van der Waals surface area (Å²) in [5.41, 5.74) is 7.40. The molecular formula is C23H27N3O3. The molecule has 0 fully saturated rings. The quantitative estimate of drug-likeness (QED) is 0.245. The second-order valence-electron chi connectivity index (χ2n) is 6.15. The van der Waals surface area contributed by atoms with Crippen molar-refractivity contribution >= 4 is 12.1 Å². The molecule has 3 aromatic rings. The molecule has 0 saturated carbocycles. The Balaban J connectivity index is 0.000000687. The molecule has 0 heterocycles. The molecule has 0 saturated heterocycles. The number of benzene rings is 3. The summed E-state index contributed by atoms with van der Waals surface area (Å²) in [7, 11) is 3.61. The molecule has 0 aliphatic carbocycles. The number of carbonyl (C=O) groups is 1.